The van der Waals surface area contributed by atoms with Crippen LogP contribution in [0.5, 0.6) is 17.2 Å². The molecule has 0 fully saturated rings. The van der Waals surface area contributed by atoms with Crippen LogP contribution in [-0.4, -0.2) is 25.6 Å². The van der Waals surface area contributed by atoms with Crippen LogP contribution >= 0.6 is 11.6 Å². The maximum Gasteiger partial charge on any atom is 0.196 e. The molecule has 0 radical (unpaired) electrons. The van der Waals surface area contributed by atoms with Gasteiger partial charge < -0.3 is 14.2 Å². The molecule has 0 atom stereocenters. The van der Waals surface area contributed by atoms with Crippen LogP contribution in [0.25, 0.3) is 6.08 Å². The quantitative estimate of drug-likeness (QED) is 0.747. The van der Waals surface area contributed by atoms with E-state index in [2.05, 4.69) is 0 Å². The molecule has 2 aliphatic heterocycles. The van der Waals surface area contributed by atoms with E-state index in [0.717, 1.165) is 5.56 Å². The molecule has 4 rings (SSSR count). The highest BCUT2D eigenvalue weighted by Gasteiger charge is 2.23. The Hall–Kier alpha value is -2.46. The van der Waals surface area contributed by atoms with E-state index in [1.54, 1.807) is 24.3 Å². The number of rotatable bonds is 1. The van der Waals surface area contributed by atoms with Crippen LogP contribution in [-0.2, 0) is 0 Å². The third-order valence-corrected chi connectivity index (χ3v) is 4.05. The van der Waals surface area contributed by atoms with Crippen molar-refractivity contribution in [2.24, 2.45) is 0 Å². The van der Waals surface area contributed by atoms with Crippen LogP contribution in [0, 0.1) is 0 Å². The number of carbonyl (C=O) groups excluding carboxylic acids is 1. The summed E-state index contributed by atoms with van der Waals surface area (Å²) >= 11 is 6.23. The molecular formula is C18H13ClO4. The van der Waals surface area contributed by atoms with E-state index in [4.69, 9.17) is 25.8 Å². The third kappa shape index (κ3) is 2.55. The Balaban J connectivity index is 1.71. The molecule has 4 nitrogen and oxygen atoms in total. The molecule has 2 aromatic carbocycles. The number of fused-ring (bicyclic) bond motifs is 2. The van der Waals surface area contributed by atoms with Crippen LogP contribution in [0.1, 0.15) is 15.9 Å². The molecule has 0 aromatic heterocycles. The van der Waals surface area contributed by atoms with Gasteiger partial charge in [0, 0.05) is 5.57 Å². The average molecular weight is 329 g/mol. The van der Waals surface area contributed by atoms with Crippen molar-refractivity contribution in [3.8, 4) is 17.2 Å². The van der Waals surface area contributed by atoms with Crippen molar-refractivity contribution in [1.82, 2.24) is 0 Å². The van der Waals surface area contributed by atoms with Gasteiger partial charge in [0.05, 0.1) is 10.6 Å². The van der Waals surface area contributed by atoms with Gasteiger partial charge in [-0.1, -0.05) is 23.7 Å². The van der Waals surface area contributed by atoms with E-state index >= 15 is 0 Å². The predicted molar refractivity (Wildman–Crippen MR) is 86.7 cm³/mol. The summed E-state index contributed by atoms with van der Waals surface area (Å²) in [5.74, 6) is 1.74. The maximum absolute atomic E-state index is 12.6. The number of para-hydroxylation sites is 1. The Morgan fingerprint density at radius 3 is 2.74 bits per heavy atom. The fraction of sp³-hybridized carbons (Fsp3) is 0.167. The number of benzene rings is 2. The zero-order chi connectivity index (χ0) is 15.8. The summed E-state index contributed by atoms with van der Waals surface area (Å²) in [6.07, 6.45) is 1.78. The molecule has 23 heavy (non-hydrogen) atoms. The summed E-state index contributed by atoms with van der Waals surface area (Å²) in [5, 5.41) is 0.471. The van der Waals surface area contributed by atoms with Crippen LogP contribution in [0.2, 0.25) is 5.02 Å². The van der Waals surface area contributed by atoms with Crippen molar-refractivity contribution in [1.29, 1.82) is 0 Å². The first-order valence-electron chi connectivity index (χ1n) is 7.28. The molecule has 5 heteroatoms. The minimum Gasteiger partial charge on any atom is -0.488 e. The lowest BCUT2D eigenvalue weighted by atomic mass is 9.98. The second-order valence-electron chi connectivity index (χ2n) is 5.31. The lowest BCUT2D eigenvalue weighted by Gasteiger charge is -2.21. The lowest BCUT2D eigenvalue weighted by Crippen LogP contribution is -2.19. The fourth-order valence-electron chi connectivity index (χ4n) is 2.70. The van der Waals surface area contributed by atoms with E-state index in [1.807, 2.05) is 18.2 Å². The summed E-state index contributed by atoms with van der Waals surface area (Å²) < 4.78 is 16.7. The Bertz CT molecular complexity index is 826. The summed E-state index contributed by atoms with van der Waals surface area (Å²) in [5.41, 5.74) is 1.94. The molecule has 2 heterocycles. The van der Waals surface area contributed by atoms with Gasteiger partial charge in [0.2, 0.25) is 0 Å². The molecule has 0 saturated carbocycles. The number of Topliss-reactive ketones (excluding diaryl/α,β-unsaturated/α-hetero) is 1. The smallest absolute Gasteiger partial charge is 0.196 e. The van der Waals surface area contributed by atoms with Crippen molar-refractivity contribution in [3.63, 3.8) is 0 Å². The number of halogens is 1. The fourth-order valence-corrected chi connectivity index (χ4v) is 2.97. The average Bonchev–Trinajstić information content (AvgIpc) is 2.58. The maximum atomic E-state index is 12.6. The number of ether oxygens (including phenoxy) is 3. The number of carbonyl (C=O) groups is 1. The van der Waals surface area contributed by atoms with Gasteiger partial charge in [-0.15, -0.1) is 0 Å². The first-order valence-corrected chi connectivity index (χ1v) is 7.66. The van der Waals surface area contributed by atoms with E-state index in [9.17, 15) is 4.79 Å². The van der Waals surface area contributed by atoms with Gasteiger partial charge in [-0.25, -0.2) is 0 Å². The van der Waals surface area contributed by atoms with Crippen molar-refractivity contribution >= 4 is 23.5 Å². The van der Waals surface area contributed by atoms with Crippen LogP contribution in [0.4, 0.5) is 0 Å². The van der Waals surface area contributed by atoms with E-state index in [-0.39, 0.29) is 12.4 Å². The minimum absolute atomic E-state index is 0.0298. The zero-order valence-electron chi connectivity index (χ0n) is 12.2. The van der Waals surface area contributed by atoms with Gasteiger partial charge in [0.25, 0.3) is 0 Å². The van der Waals surface area contributed by atoms with Crippen LogP contribution in [0.3, 0.4) is 0 Å². The van der Waals surface area contributed by atoms with Gasteiger partial charge in [0.1, 0.15) is 25.6 Å². The zero-order valence-corrected chi connectivity index (χ0v) is 12.9. The molecule has 0 unspecified atom stereocenters. The number of hydrogen-bond donors (Lipinski definition) is 0. The first kappa shape index (κ1) is 14.2. The molecule has 0 amide bonds. The standard InChI is InChI=1S/C18H13ClO4/c19-14-8-11(9-16-18(14)22-6-5-21-16)7-12-10-23-15-4-2-1-3-13(15)17(12)20/h1-4,7-9H,5-6,10H2/b12-7+. The highest BCUT2D eigenvalue weighted by molar-refractivity contribution is 6.32. The Kier molecular flexibility index (Phi) is 3.46. The van der Waals surface area contributed by atoms with Gasteiger partial charge in [-0.05, 0) is 35.9 Å². The van der Waals surface area contributed by atoms with Crippen LogP contribution < -0.4 is 14.2 Å². The molecular weight excluding hydrogens is 316 g/mol. The van der Waals surface area contributed by atoms with Gasteiger partial charge >= 0.3 is 0 Å². The highest BCUT2D eigenvalue weighted by Crippen LogP contribution is 2.39. The minimum atomic E-state index is -0.0298. The molecule has 0 N–H and O–H groups in total. The van der Waals surface area contributed by atoms with E-state index in [0.29, 0.717) is 46.6 Å². The summed E-state index contributed by atoms with van der Waals surface area (Å²) in [6, 6.07) is 10.8. The number of ketones is 1. The van der Waals surface area contributed by atoms with Crippen molar-refractivity contribution < 1.29 is 19.0 Å². The molecule has 0 spiro atoms. The van der Waals surface area contributed by atoms with Crippen molar-refractivity contribution in [3.05, 3.63) is 58.1 Å². The largest absolute Gasteiger partial charge is 0.488 e. The van der Waals surface area contributed by atoms with E-state index < -0.39 is 0 Å². The first-order chi connectivity index (χ1) is 11.2. The Labute approximate surface area is 138 Å². The topological polar surface area (TPSA) is 44.8 Å². The summed E-state index contributed by atoms with van der Waals surface area (Å²) in [6.45, 7) is 1.21. The Morgan fingerprint density at radius 2 is 1.83 bits per heavy atom. The Morgan fingerprint density at radius 1 is 1.00 bits per heavy atom. The van der Waals surface area contributed by atoms with E-state index in [1.165, 1.54) is 0 Å². The molecule has 2 aliphatic rings. The second-order valence-corrected chi connectivity index (χ2v) is 5.72. The molecule has 116 valence electrons. The molecule has 0 aliphatic carbocycles. The SMILES string of the molecule is O=C1/C(=C/c2cc(Cl)c3c(c2)OCCO3)COc2ccccc21. The third-order valence-electron chi connectivity index (χ3n) is 3.77. The molecule has 0 bridgehead atoms. The number of hydrogen-bond acceptors (Lipinski definition) is 4. The summed E-state index contributed by atoms with van der Waals surface area (Å²) in [4.78, 5) is 12.6. The normalized spacial score (nSPS) is 17.6. The molecule has 0 saturated heterocycles. The molecule has 2 aromatic rings. The second kappa shape index (κ2) is 5.63. The van der Waals surface area contributed by atoms with Gasteiger partial charge in [-0.3, -0.25) is 4.79 Å². The lowest BCUT2D eigenvalue weighted by molar-refractivity contribution is 0.100. The van der Waals surface area contributed by atoms with Crippen LogP contribution in [0.15, 0.2) is 42.0 Å². The van der Waals surface area contributed by atoms with Crippen molar-refractivity contribution in [2.75, 3.05) is 19.8 Å². The van der Waals surface area contributed by atoms with Crippen molar-refractivity contribution in [2.45, 2.75) is 0 Å². The monoisotopic (exact) mass is 328 g/mol. The highest BCUT2D eigenvalue weighted by atomic mass is 35.5. The summed E-state index contributed by atoms with van der Waals surface area (Å²) in [7, 11) is 0. The van der Waals surface area contributed by atoms with Gasteiger partial charge in [-0.2, -0.15) is 0 Å². The van der Waals surface area contributed by atoms with Gasteiger partial charge in [0.15, 0.2) is 17.3 Å². The predicted octanol–water partition coefficient (Wildman–Crippen LogP) is 3.77.